The third kappa shape index (κ3) is 4.20. The van der Waals surface area contributed by atoms with Crippen LogP contribution < -0.4 is 10.6 Å². The van der Waals surface area contributed by atoms with Crippen LogP contribution in [0.2, 0.25) is 0 Å². The van der Waals surface area contributed by atoms with Crippen molar-refractivity contribution in [1.82, 2.24) is 14.9 Å². The minimum Gasteiger partial charge on any atom is -0.354 e. The Morgan fingerprint density at radius 3 is 2.64 bits per heavy atom. The highest BCUT2D eigenvalue weighted by Crippen LogP contribution is 2.32. The van der Waals surface area contributed by atoms with Gasteiger partial charge in [0.1, 0.15) is 0 Å². The monoisotopic (exact) mass is 329 g/mol. The van der Waals surface area contributed by atoms with Gasteiger partial charge in [0.25, 0.3) is 0 Å². The Labute approximate surface area is 133 Å². The molecular formula is C15H27N3O3S. The summed E-state index contributed by atoms with van der Waals surface area (Å²) in [6, 6.07) is -0.0571. The second-order valence-electron chi connectivity index (χ2n) is 6.98. The molecule has 0 bridgehead atoms. The first-order chi connectivity index (χ1) is 10.5. The molecule has 3 fully saturated rings. The van der Waals surface area contributed by atoms with E-state index in [0.29, 0.717) is 31.3 Å². The van der Waals surface area contributed by atoms with Gasteiger partial charge in [-0.2, -0.15) is 0 Å². The van der Waals surface area contributed by atoms with E-state index in [-0.39, 0.29) is 17.9 Å². The quantitative estimate of drug-likeness (QED) is 0.735. The molecule has 1 saturated carbocycles. The zero-order valence-electron chi connectivity index (χ0n) is 13.1. The highest BCUT2D eigenvalue weighted by atomic mass is 32.2. The van der Waals surface area contributed by atoms with Crippen LogP contribution in [-0.4, -0.2) is 56.6 Å². The van der Waals surface area contributed by atoms with Crippen LogP contribution in [0.1, 0.15) is 38.5 Å². The first-order valence-electron chi connectivity index (χ1n) is 8.53. The topological polar surface area (TPSA) is 78.5 Å². The molecule has 1 aliphatic carbocycles. The molecule has 0 radical (unpaired) electrons. The van der Waals surface area contributed by atoms with Crippen LogP contribution in [0.25, 0.3) is 0 Å². The van der Waals surface area contributed by atoms with E-state index < -0.39 is 10.0 Å². The lowest BCUT2D eigenvalue weighted by Gasteiger charge is -2.32. The van der Waals surface area contributed by atoms with Gasteiger partial charge < -0.3 is 10.6 Å². The Hall–Kier alpha value is -0.660. The van der Waals surface area contributed by atoms with Crippen LogP contribution in [0.3, 0.4) is 0 Å². The van der Waals surface area contributed by atoms with E-state index in [4.69, 9.17) is 0 Å². The van der Waals surface area contributed by atoms with Gasteiger partial charge in [-0.1, -0.05) is 0 Å². The molecule has 0 spiro atoms. The van der Waals surface area contributed by atoms with Gasteiger partial charge in [-0.25, -0.2) is 12.7 Å². The molecule has 0 aromatic carbocycles. The number of hydrogen-bond donors (Lipinski definition) is 2. The maximum Gasteiger partial charge on any atom is 0.237 e. The van der Waals surface area contributed by atoms with Crippen LogP contribution in [0.4, 0.5) is 0 Å². The van der Waals surface area contributed by atoms with E-state index in [1.54, 1.807) is 4.31 Å². The Morgan fingerprint density at radius 2 is 1.95 bits per heavy atom. The minimum absolute atomic E-state index is 0.0571. The fourth-order valence-corrected chi connectivity index (χ4v) is 5.40. The largest absolute Gasteiger partial charge is 0.354 e. The number of sulfonamides is 1. The van der Waals surface area contributed by atoms with E-state index >= 15 is 0 Å². The van der Waals surface area contributed by atoms with Crippen molar-refractivity contribution in [3.8, 4) is 0 Å². The molecule has 22 heavy (non-hydrogen) atoms. The molecule has 2 unspecified atom stereocenters. The summed E-state index contributed by atoms with van der Waals surface area (Å²) < 4.78 is 26.4. The molecule has 7 heteroatoms. The van der Waals surface area contributed by atoms with Gasteiger partial charge in [0, 0.05) is 19.6 Å². The SMILES string of the molecule is O=C(NCC1CCCN(S(=O)(=O)CC2CC2)C1)C1CCCN1. The summed E-state index contributed by atoms with van der Waals surface area (Å²) in [6.45, 7) is 2.71. The fraction of sp³-hybridized carbons (Fsp3) is 0.933. The van der Waals surface area contributed by atoms with Gasteiger partial charge in [0.05, 0.1) is 11.8 Å². The maximum atomic E-state index is 12.4. The van der Waals surface area contributed by atoms with Crippen molar-refractivity contribution in [3.05, 3.63) is 0 Å². The lowest BCUT2D eigenvalue weighted by Crippen LogP contribution is -2.47. The zero-order valence-corrected chi connectivity index (χ0v) is 13.9. The molecule has 2 saturated heterocycles. The van der Waals surface area contributed by atoms with E-state index in [9.17, 15) is 13.2 Å². The molecule has 2 aliphatic heterocycles. The summed E-state index contributed by atoms with van der Waals surface area (Å²) in [5, 5.41) is 6.18. The van der Waals surface area contributed by atoms with Crippen molar-refractivity contribution in [1.29, 1.82) is 0 Å². The molecule has 6 nitrogen and oxygen atoms in total. The molecule has 2 N–H and O–H groups in total. The third-order valence-corrected chi connectivity index (χ3v) is 6.97. The molecule has 0 aromatic heterocycles. The summed E-state index contributed by atoms with van der Waals surface area (Å²) in [5.41, 5.74) is 0. The van der Waals surface area contributed by atoms with Crippen molar-refractivity contribution in [2.45, 2.75) is 44.6 Å². The van der Waals surface area contributed by atoms with Crippen LogP contribution in [0, 0.1) is 11.8 Å². The van der Waals surface area contributed by atoms with E-state index in [1.807, 2.05) is 0 Å². The van der Waals surface area contributed by atoms with Crippen molar-refractivity contribution in [3.63, 3.8) is 0 Å². The van der Waals surface area contributed by atoms with Crippen molar-refractivity contribution >= 4 is 15.9 Å². The van der Waals surface area contributed by atoms with Gasteiger partial charge in [-0.05, 0) is 56.9 Å². The fourth-order valence-electron chi connectivity index (χ4n) is 3.41. The summed E-state index contributed by atoms with van der Waals surface area (Å²) >= 11 is 0. The standard InChI is InChI=1S/C15H27N3O3S/c19-15(14-4-1-7-16-14)17-9-13-3-2-8-18(10-13)22(20,21)11-12-5-6-12/h12-14,16H,1-11H2,(H,17,19). The van der Waals surface area contributed by atoms with Crippen LogP contribution in [-0.2, 0) is 14.8 Å². The Balaban J connectivity index is 1.46. The minimum atomic E-state index is -3.10. The number of amides is 1. The average molecular weight is 329 g/mol. The number of rotatable bonds is 6. The third-order valence-electron chi connectivity index (χ3n) is 4.96. The number of nitrogens with zero attached hydrogens (tertiary/aromatic N) is 1. The molecular weight excluding hydrogens is 302 g/mol. The lowest BCUT2D eigenvalue weighted by molar-refractivity contribution is -0.123. The lowest BCUT2D eigenvalue weighted by atomic mass is 9.99. The molecule has 3 aliphatic rings. The summed E-state index contributed by atoms with van der Waals surface area (Å²) in [5.74, 6) is 1.01. The molecule has 2 heterocycles. The molecule has 0 aromatic rings. The number of carbonyl (C=O) groups excluding carboxylic acids is 1. The van der Waals surface area contributed by atoms with Crippen LogP contribution in [0.5, 0.6) is 0 Å². The first-order valence-corrected chi connectivity index (χ1v) is 10.1. The predicted molar refractivity (Wildman–Crippen MR) is 84.8 cm³/mol. The van der Waals surface area contributed by atoms with Gasteiger partial charge in [0.2, 0.25) is 15.9 Å². The maximum absolute atomic E-state index is 12.4. The number of nitrogens with one attached hydrogen (secondary N) is 2. The normalized spacial score (nSPS) is 30.4. The molecule has 126 valence electrons. The summed E-state index contributed by atoms with van der Waals surface area (Å²) in [4.78, 5) is 12.0. The van der Waals surface area contributed by atoms with Crippen molar-refractivity contribution < 1.29 is 13.2 Å². The number of hydrogen-bond acceptors (Lipinski definition) is 4. The van der Waals surface area contributed by atoms with Crippen LogP contribution >= 0.6 is 0 Å². The van der Waals surface area contributed by atoms with E-state index in [1.165, 1.54) is 0 Å². The number of carbonyl (C=O) groups is 1. The Morgan fingerprint density at radius 1 is 1.14 bits per heavy atom. The smallest absolute Gasteiger partial charge is 0.237 e. The summed E-state index contributed by atoms with van der Waals surface area (Å²) in [6.07, 6.45) is 5.95. The number of piperidine rings is 1. The highest BCUT2D eigenvalue weighted by molar-refractivity contribution is 7.89. The highest BCUT2D eigenvalue weighted by Gasteiger charge is 2.34. The predicted octanol–water partition coefficient (Wildman–Crippen LogP) is 0.306. The Bertz CT molecular complexity index is 498. The zero-order chi connectivity index (χ0) is 15.6. The van der Waals surface area contributed by atoms with E-state index in [2.05, 4.69) is 10.6 Å². The van der Waals surface area contributed by atoms with E-state index in [0.717, 1.165) is 45.1 Å². The average Bonchev–Trinajstić information content (AvgIpc) is 3.13. The second kappa shape index (κ2) is 6.84. The molecule has 1 amide bonds. The van der Waals surface area contributed by atoms with Gasteiger partial charge in [0.15, 0.2) is 0 Å². The van der Waals surface area contributed by atoms with Crippen LogP contribution in [0.15, 0.2) is 0 Å². The van der Waals surface area contributed by atoms with Gasteiger partial charge in [-0.15, -0.1) is 0 Å². The summed E-state index contributed by atoms with van der Waals surface area (Å²) in [7, 11) is -3.10. The second-order valence-corrected chi connectivity index (χ2v) is 9.00. The Kier molecular flexibility index (Phi) is 5.04. The first kappa shape index (κ1) is 16.2. The van der Waals surface area contributed by atoms with Crippen molar-refractivity contribution in [2.24, 2.45) is 11.8 Å². The van der Waals surface area contributed by atoms with Gasteiger partial charge >= 0.3 is 0 Å². The molecule has 3 rings (SSSR count). The van der Waals surface area contributed by atoms with Crippen molar-refractivity contribution in [2.75, 3.05) is 31.9 Å². The van der Waals surface area contributed by atoms with Gasteiger partial charge in [-0.3, -0.25) is 4.79 Å². The molecule has 2 atom stereocenters.